The molecule has 1 aliphatic heterocycles. The van der Waals surface area contributed by atoms with Crippen LogP contribution in [-0.2, 0) is 4.74 Å². The maximum Gasteiger partial charge on any atom is 0.269 e. The number of amides is 1. The summed E-state index contributed by atoms with van der Waals surface area (Å²) < 4.78 is 6.11. The molecule has 2 N–H and O–H groups in total. The number of nitrogens with one attached hydrogen (secondary N) is 2. The van der Waals surface area contributed by atoms with Crippen molar-refractivity contribution in [1.82, 2.24) is 15.6 Å². The second-order valence-corrected chi connectivity index (χ2v) is 5.70. The van der Waals surface area contributed by atoms with E-state index in [-0.39, 0.29) is 36.3 Å². The lowest BCUT2D eigenvalue weighted by molar-refractivity contribution is 0.0887. The van der Waals surface area contributed by atoms with E-state index in [9.17, 15) is 4.79 Å². The van der Waals surface area contributed by atoms with Gasteiger partial charge in [0.25, 0.3) is 5.91 Å². The summed E-state index contributed by atoms with van der Waals surface area (Å²) in [5.41, 5.74) is 0.286. The molecule has 2 rings (SSSR count). The van der Waals surface area contributed by atoms with Crippen LogP contribution < -0.4 is 10.6 Å². The number of halogens is 3. The minimum Gasteiger partial charge on any atom is -0.383 e. The number of rotatable bonds is 5. The molecule has 120 valence electrons. The molecule has 1 aromatic heterocycles. The standard InChI is InChI=1S/C13H18BrN3O2.2ClH/c1-19-9-13(5-2-6-17-13)8-16-12(18)11-4-3-10(14)7-15-11;;/h3-4,7,17H,2,5-6,8-9H2,1H3,(H,16,18);2*1H. The van der Waals surface area contributed by atoms with E-state index in [1.165, 1.54) is 0 Å². The number of carbonyl (C=O) groups is 1. The number of carbonyl (C=O) groups excluding carboxylic acids is 1. The zero-order valence-corrected chi connectivity index (χ0v) is 14.9. The number of ether oxygens (including phenoxy) is 1. The molecule has 2 heterocycles. The molecule has 0 aliphatic carbocycles. The highest BCUT2D eigenvalue weighted by molar-refractivity contribution is 9.10. The van der Waals surface area contributed by atoms with Crippen molar-refractivity contribution < 1.29 is 9.53 Å². The van der Waals surface area contributed by atoms with Crippen molar-refractivity contribution in [2.24, 2.45) is 0 Å². The van der Waals surface area contributed by atoms with Crippen LogP contribution in [0.15, 0.2) is 22.8 Å². The first-order valence-corrected chi connectivity index (χ1v) is 7.08. The van der Waals surface area contributed by atoms with E-state index < -0.39 is 0 Å². The van der Waals surface area contributed by atoms with Crippen molar-refractivity contribution in [3.63, 3.8) is 0 Å². The van der Waals surface area contributed by atoms with Gasteiger partial charge in [-0.2, -0.15) is 0 Å². The van der Waals surface area contributed by atoms with Gasteiger partial charge < -0.3 is 15.4 Å². The minimum atomic E-state index is -0.156. The van der Waals surface area contributed by atoms with E-state index in [1.807, 2.05) is 0 Å². The van der Waals surface area contributed by atoms with Gasteiger partial charge in [0, 0.05) is 24.3 Å². The Hall–Kier alpha value is -0.400. The van der Waals surface area contributed by atoms with E-state index in [0.29, 0.717) is 18.8 Å². The van der Waals surface area contributed by atoms with Gasteiger partial charge in [-0.3, -0.25) is 4.79 Å². The SMILES string of the molecule is COCC1(CNC(=O)c2ccc(Br)cn2)CCCN1.Cl.Cl. The van der Waals surface area contributed by atoms with E-state index >= 15 is 0 Å². The first-order valence-electron chi connectivity index (χ1n) is 6.29. The van der Waals surface area contributed by atoms with Gasteiger partial charge in [-0.05, 0) is 47.4 Å². The van der Waals surface area contributed by atoms with Gasteiger partial charge in [-0.25, -0.2) is 4.98 Å². The van der Waals surface area contributed by atoms with E-state index in [2.05, 4.69) is 31.5 Å². The maximum absolute atomic E-state index is 12.0. The number of methoxy groups -OCH3 is 1. The van der Waals surface area contributed by atoms with E-state index in [4.69, 9.17) is 4.74 Å². The van der Waals surface area contributed by atoms with Crippen LogP contribution >= 0.6 is 40.7 Å². The summed E-state index contributed by atoms with van der Waals surface area (Å²) in [4.78, 5) is 16.1. The van der Waals surface area contributed by atoms with E-state index in [0.717, 1.165) is 23.9 Å². The van der Waals surface area contributed by atoms with Gasteiger partial charge in [0.15, 0.2) is 0 Å². The van der Waals surface area contributed by atoms with Crippen molar-refractivity contribution in [2.45, 2.75) is 18.4 Å². The number of hydrogen-bond acceptors (Lipinski definition) is 4. The summed E-state index contributed by atoms with van der Waals surface area (Å²) in [7, 11) is 1.68. The van der Waals surface area contributed by atoms with Gasteiger partial charge in [0.1, 0.15) is 5.69 Å². The largest absolute Gasteiger partial charge is 0.383 e. The average molecular weight is 401 g/mol. The highest BCUT2D eigenvalue weighted by Gasteiger charge is 2.33. The van der Waals surface area contributed by atoms with Crippen LogP contribution in [0.1, 0.15) is 23.3 Å². The summed E-state index contributed by atoms with van der Waals surface area (Å²) in [6, 6.07) is 3.51. The van der Waals surface area contributed by atoms with Gasteiger partial charge in [-0.15, -0.1) is 24.8 Å². The molecule has 1 unspecified atom stereocenters. The molecule has 8 heteroatoms. The number of hydrogen-bond donors (Lipinski definition) is 2. The van der Waals surface area contributed by atoms with Crippen molar-refractivity contribution in [3.05, 3.63) is 28.5 Å². The van der Waals surface area contributed by atoms with Crippen molar-refractivity contribution in [1.29, 1.82) is 0 Å². The molecule has 1 amide bonds. The lowest BCUT2D eigenvalue weighted by Crippen LogP contribution is -2.53. The molecular weight excluding hydrogens is 381 g/mol. The molecule has 0 aromatic carbocycles. The van der Waals surface area contributed by atoms with Crippen LogP contribution in [0.25, 0.3) is 0 Å². The lowest BCUT2D eigenvalue weighted by atomic mass is 9.98. The van der Waals surface area contributed by atoms with Gasteiger partial charge in [-0.1, -0.05) is 0 Å². The number of aromatic nitrogens is 1. The van der Waals surface area contributed by atoms with Crippen LogP contribution in [0.2, 0.25) is 0 Å². The van der Waals surface area contributed by atoms with Crippen LogP contribution in [-0.4, -0.2) is 43.2 Å². The Morgan fingerprint density at radius 1 is 1.52 bits per heavy atom. The van der Waals surface area contributed by atoms with Crippen LogP contribution in [0, 0.1) is 0 Å². The van der Waals surface area contributed by atoms with Crippen molar-refractivity contribution in [2.75, 3.05) is 26.8 Å². The normalized spacial score (nSPS) is 20.3. The summed E-state index contributed by atoms with van der Waals surface area (Å²) in [6.07, 6.45) is 3.73. The molecule has 0 bridgehead atoms. The number of pyridine rings is 1. The molecule has 1 atom stereocenters. The minimum absolute atomic E-state index is 0. The Morgan fingerprint density at radius 2 is 2.29 bits per heavy atom. The van der Waals surface area contributed by atoms with Gasteiger partial charge in [0.2, 0.25) is 0 Å². The zero-order chi connectivity index (χ0) is 13.7. The fraction of sp³-hybridized carbons (Fsp3) is 0.538. The first-order chi connectivity index (χ1) is 9.15. The highest BCUT2D eigenvalue weighted by Crippen LogP contribution is 2.19. The second-order valence-electron chi connectivity index (χ2n) is 4.79. The third-order valence-corrected chi connectivity index (χ3v) is 3.77. The molecule has 5 nitrogen and oxygen atoms in total. The molecule has 0 radical (unpaired) electrons. The molecular formula is C13H20BrCl2N3O2. The Morgan fingerprint density at radius 3 is 2.81 bits per heavy atom. The van der Waals surface area contributed by atoms with E-state index in [1.54, 1.807) is 25.4 Å². The quantitative estimate of drug-likeness (QED) is 0.795. The molecule has 1 fully saturated rings. The monoisotopic (exact) mass is 399 g/mol. The molecule has 1 saturated heterocycles. The predicted octanol–water partition coefficient (Wildman–Crippen LogP) is 2.19. The molecule has 0 spiro atoms. The number of nitrogens with zero attached hydrogens (tertiary/aromatic N) is 1. The van der Waals surface area contributed by atoms with Gasteiger partial charge >= 0.3 is 0 Å². The maximum atomic E-state index is 12.0. The van der Waals surface area contributed by atoms with Crippen molar-refractivity contribution in [3.8, 4) is 0 Å². The molecule has 1 aromatic rings. The third-order valence-electron chi connectivity index (χ3n) is 3.30. The van der Waals surface area contributed by atoms with Crippen molar-refractivity contribution >= 4 is 46.7 Å². The fourth-order valence-corrected chi connectivity index (χ4v) is 2.55. The highest BCUT2D eigenvalue weighted by atomic mass is 79.9. The van der Waals surface area contributed by atoms with Gasteiger partial charge in [0.05, 0.1) is 12.1 Å². The predicted molar refractivity (Wildman–Crippen MR) is 90.6 cm³/mol. The Labute approximate surface area is 145 Å². The van der Waals surface area contributed by atoms with Crippen LogP contribution in [0.5, 0.6) is 0 Å². The topological polar surface area (TPSA) is 63.2 Å². The summed E-state index contributed by atoms with van der Waals surface area (Å²) in [5.74, 6) is -0.156. The Balaban J connectivity index is 0.00000200. The Bertz CT molecular complexity index is 440. The van der Waals surface area contributed by atoms with Crippen LogP contribution in [0.4, 0.5) is 0 Å². The Kier molecular flexibility index (Phi) is 9.40. The third kappa shape index (κ3) is 5.71. The average Bonchev–Trinajstić information content (AvgIpc) is 2.86. The molecule has 1 aliphatic rings. The first kappa shape index (κ1) is 20.6. The molecule has 21 heavy (non-hydrogen) atoms. The molecule has 0 saturated carbocycles. The summed E-state index contributed by atoms with van der Waals surface area (Å²) >= 11 is 3.30. The summed E-state index contributed by atoms with van der Waals surface area (Å²) in [5, 5.41) is 6.35. The smallest absolute Gasteiger partial charge is 0.269 e. The zero-order valence-electron chi connectivity index (χ0n) is 11.7. The second kappa shape index (κ2) is 9.58. The summed E-state index contributed by atoms with van der Waals surface area (Å²) in [6.45, 7) is 2.12. The fourth-order valence-electron chi connectivity index (χ4n) is 2.32. The van der Waals surface area contributed by atoms with Crippen LogP contribution in [0.3, 0.4) is 0 Å². The lowest BCUT2D eigenvalue weighted by Gasteiger charge is -2.28.